The summed E-state index contributed by atoms with van der Waals surface area (Å²) in [4.78, 5) is 20.9. The van der Waals surface area contributed by atoms with E-state index in [2.05, 4.69) is 10.3 Å². The number of thioether (sulfide) groups is 1. The molecule has 0 saturated heterocycles. The minimum absolute atomic E-state index is 0.0598. The average molecular weight is 335 g/mol. The lowest BCUT2D eigenvalue weighted by atomic mass is 10.2. The predicted molar refractivity (Wildman–Crippen MR) is 95.0 cm³/mol. The van der Waals surface area contributed by atoms with E-state index in [1.54, 1.807) is 35.0 Å². The molecule has 0 saturated carbocycles. The Bertz CT molecular complexity index is 652. The number of rotatable bonds is 4. The van der Waals surface area contributed by atoms with Crippen molar-refractivity contribution in [2.45, 2.75) is 31.7 Å². The molecule has 0 aliphatic carbocycles. The molecule has 1 aromatic heterocycles. The summed E-state index contributed by atoms with van der Waals surface area (Å²) in [5, 5.41) is 3.95. The fourth-order valence-corrected chi connectivity index (χ4v) is 3.49. The molecule has 1 aromatic carbocycles. The number of aromatic nitrogens is 1. The summed E-state index contributed by atoms with van der Waals surface area (Å²) in [6, 6.07) is 7.64. The van der Waals surface area contributed by atoms with Crippen LogP contribution in [0.25, 0.3) is 0 Å². The van der Waals surface area contributed by atoms with E-state index in [0.717, 1.165) is 21.3 Å². The maximum Gasteiger partial charge on any atom is 0.322 e. The van der Waals surface area contributed by atoms with Crippen LogP contribution in [0, 0.1) is 13.8 Å². The second-order valence-corrected chi connectivity index (χ2v) is 7.41. The Morgan fingerprint density at radius 2 is 1.95 bits per heavy atom. The third kappa shape index (κ3) is 3.81. The van der Waals surface area contributed by atoms with E-state index < -0.39 is 0 Å². The first-order chi connectivity index (χ1) is 10.4. The van der Waals surface area contributed by atoms with Crippen molar-refractivity contribution in [3.8, 4) is 0 Å². The van der Waals surface area contributed by atoms with Crippen molar-refractivity contribution in [3.05, 3.63) is 39.8 Å². The fourth-order valence-electron chi connectivity index (χ4n) is 2.18. The van der Waals surface area contributed by atoms with Crippen LogP contribution in [0.3, 0.4) is 0 Å². The van der Waals surface area contributed by atoms with Gasteiger partial charge in [-0.15, -0.1) is 23.1 Å². The highest BCUT2D eigenvalue weighted by Crippen LogP contribution is 2.26. The summed E-state index contributed by atoms with van der Waals surface area (Å²) in [7, 11) is 1.80. The van der Waals surface area contributed by atoms with E-state index in [1.807, 2.05) is 51.3 Å². The number of nitrogens with one attached hydrogen (secondary N) is 1. The van der Waals surface area contributed by atoms with Crippen LogP contribution < -0.4 is 5.32 Å². The van der Waals surface area contributed by atoms with E-state index in [4.69, 9.17) is 0 Å². The number of anilines is 1. The first kappa shape index (κ1) is 16.8. The van der Waals surface area contributed by atoms with E-state index >= 15 is 0 Å². The molecule has 2 rings (SSSR count). The second-order valence-electron chi connectivity index (χ2n) is 5.12. The van der Waals surface area contributed by atoms with Gasteiger partial charge in [-0.3, -0.25) is 0 Å². The highest BCUT2D eigenvalue weighted by Gasteiger charge is 2.21. The normalized spacial score (nSPS) is 12.0. The molecule has 2 aromatic rings. The summed E-state index contributed by atoms with van der Waals surface area (Å²) >= 11 is 3.34. The van der Waals surface area contributed by atoms with Gasteiger partial charge in [0.2, 0.25) is 0 Å². The molecule has 0 aliphatic heterocycles. The number of hydrogen-bond donors (Lipinski definition) is 1. The average Bonchev–Trinajstić information content (AvgIpc) is 2.85. The van der Waals surface area contributed by atoms with Crippen LogP contribution in [-0.2, 0) is 0 Å². The standard InChI is InChI=1S/C16H21N3OS2/c1-10(15-11(2)22-12(3)17-15)19(4)16(20)18-13-6-8-14(21-5)9-7-13/h6-10H,1-5H3,(H,18,20)/t10-/m0/s1. The van der Waals surface area contributed by atoms with Gasteiger partial charge in [-0.1, -0.05) is 0 Å². The Labute approximate surface area is 139 Å². The smallest absolute Gasteiger partial charge is 0.319 e. The maximum atomic E-state index is 12.4. The predicted octanol–water partition coefficient (Wildman–Crippen LogP) is 4.71. The van der Waals surface area contributed by atoms with Crippen LogP contribution in [0.15, 0.2) is 29.2 Å². The number of carbonyl (C=O) groups is 1. The Kier molecular flexibility index (Phi) is 5.47. The van der Waals surface area contributed by atoms with Gasteiger partial charge in [-0.05, 0) is 51.3 Å². The van der Waals surface area contributed by atoms with E-state index in [0.29, 0.717) is 0 Å². The summed E-state index contributed by atoms with van der Waals surface area (Å²) in [5.41, 5.74) is 1.77. The lowest BCUT2D eigenvalue weighted by Gasteiger charge is -2.24. The number of hydrogen-bond acceptors (Lipinski definition) is 4. The molecule has 0 fully saturated rings. The van der Waals surface area contributed by atoms with E-state index in [1.165, 1.54) is 4.90 Å². The van der Waals surface area contributed by atoms with E-state index in [9.17, 15) is 4.79 Å². The molecule has 0 radical (unpaired) electrons. The van der Waals surface area contributed by atoms with Crippen LogP contribution in [0.5, 0.6) is 0 Å². The van der Waals surface area contributed by atoms with E-state index in [-0.39, 0.29) is 12.1 Å². The van der Waals surface area contributed by atoms with Crippen molar-refractivity contribution in [2.75, 3.05) is 18.6 Å². The van der Waals surface area contributed by atoms with Gasteiger partial charge < -0.3 is 10.2 Å². The van der Waals surface area contributed by atoms with Gasteiger partial charge in [0.25, 0.3) is 0 Å². The Morgan fingerprint density at radius 1 is 1.32 bits per heavy atom. The Morgan fingerprint density at radius 3 is 2.45 bits per heavy atom. The molecule has 2 amide bonds. The van der Waals surface area contributed by atoms with Crippen molar-refractivity contribution >= 4 is 34.8 Å². The first-order valence-corrected chi connectivity index (χ1v) is 9.08. The molecule has 22 heavy (non-hydrogen) atoms. The number of aryl methyl sites for hydroxylation is 2. The zero-order valence-electron chi connectivity index (χ0n) is 13.5. The molecule has 1 heterocycles. The lowest BCUT2D eigenvalue weighted by Crippen LogP contribution is -2.34. The van der Waals surface area contributed by atoms with Gasteiger partial charge >= 0.3 is 6.03 Å². The number of urea groups is 1. The molecule has 118 valence electrons. The largest absolute Gasteiger partial charge is 0.322 e. The van der Waals surface area contributed by atoms with Crippen molar-refractivity contribution in [3.63, 3.8) is 0 Å². The zero-order chi connectivity index (χ0) is 16.3. The SMILES string of the molecule is CSc1ccc(NC(=O)N(C)[C@@H](C)c2nc(C)sc2C)cc1. The molecular weight excluding hydrogens is 314 g/mol. The van der Waals surface area contributed by atoms with Gasteiger partial charge in [0.15, 0.2) is 0 Å². The quantitative estimate of drug-likeness (QED) is 0.823. The third-order valence-electron chi connectivity index (χ3n) is 3.58. The summed E-state index contributed by atoms with van der Waals surface area (Å²) in [5.74, 6) is 0. The molecular formula is C16H21N3OS2. The molecule has 0 aliphatic rings. The fraction of sp³-hybridized carbons (Fsp3) is 0.375. The van der Waals surface area contributed by atoms with Crippen LogP contribution in [0.2, 0.25) is 0 Å². The van der Waals surface area contributed by atoms with Crippen LogP contribution >= 0.6 is 23.1 Å². The molecule has 0 spiro atoms. The maximum absolute atomic E-state index is 12.4. The number of benzene rings is 1. The molecule has 1 N–H and O–H groups in total. The Balaban J connectivity index is 2.06. The van der Waals surface area contributed by atoms with Gasteiger partial charge in [-0.25, -0.2) is 9.78 Å². The van der Waals surface area contributed by atoms with Gasteiger partial charge in [0.1, 0.15) is 0 Å². The zero-order valence-corrected chi connectivity index (χ0v) is 15.1. The lowest BCUT2D eigenvalue weighted by molar-refractivity contribution is 0.207. The number of amides is 2. The van der Waals surface area contributed by atoms with Crippen molar-refractivity contribution in [2.24, 2.45) is 0 Å². The monoisotopic (exact) mass is 335 g/mol. The van der Waals surface area contributed by atoms with Gasteiger partial charge in [0, 0.05) is 22.5 Å². The molecule has 4 nitrogen and oxygen atoms in total. The third-order valence-corrected chi connectivity index (χ3v) is 5.22. The summed E-state index contributed by atoms with van der Waals surface area (Å²) in [6.07, 6.45) is 2.03. The number of nitrogens with zero attached hydrogens (tertiary/aromatic N) is 2. The Hall–Kier alpha value is -1.53. The first-order valence-electron chi connectivity index (χ1n) is 7.04. The molecule has 0 bridgehead atoms. The van der Waals surface area contributed by atoms with Gasteiger partial charge in [-0.2, -0.15) is 0 Å². The highest BCUT2D eigenvalue weighted by atomic mass is 32.2. The van der Waals surface area contributed by atoms with Crippen LogP contribution in [0.4, 0.5) is 10.5 Å². The topological polar surface area (TPSA) is 45.2 Å². The van der Waals surface area contributed by atoms with Gasteiger partial charge in [0.05, 0.1) is 16.7 Å². The summed E-state index contributed by atoms with van der Waals surface area (Å²) < 4.78 is 0. The molecule has 6 heteroatoms. The van der Waals surface area contributed by atoms with Crippen molar-refractivity contribution < 1.29 is 4.79 Å². The highest BCUT2D eigenvalue weighted by molar-refractivity contribution is 7.98. The van der Waals surface area contributed by atoms with Crippen molar-refractivity contribution in [1.29, 1.82) is 0 Å². The van der Waals surface area contributed by atoms with Crippen LogP contribution in [-0.4, -0.2) is 29.2 Å². The number of thiazole rings is 1. The minimum atomic E-state index is -0.130. The second kappa shape index (κ2) is 7.15. The summed E-state index contributed by atoms with van der Waals surface area (Å²) in [6.45, 7) is 6.03. The molecule has 0 unspecified atom stereocenters. The minimum Gasteiger partial charge on any atom is -0.319 e. The number of carbonyl (C=O) groups excluding carboxylic acids is 1. The van der Waals surface area contributed by atoms with Crippen LogP contribution in [0.1, 0.15) is 28.5 Å². The van der Waals surface area contributed by atoms with Crippen molar-refractivity contribution in [1.82, 2.24) is 9.88 Å². The molecule has 1 atom stereocenters.